The predicted octanol–water partition coefficient (Wildman–Crippen LogP) is 2.40. The van der Waals surface area contributed by atoms with Crippen LogP contribution in [-0.2, 0) is 11.3 Å². The number of carboxylic acids is 1. The molecule has 2 aromatic rings. The topological polar surface area (TPSA) is 71.3 Å². The summed E-state index contributed by atoms with van der Waals surface area (Å²) in [5.74, 6) is -1.03. The first-order valence-corrected chi connectivity index (χ1v) is 7.25. The fourth-order valence-corrected chi connectivity index (χ4v) is 3.05. The molecule has 1 saturated carbocycles. The maximum atomic E-state index is 12.1. The van der Waals surface area contributed by atoms with E-state index in [1.165, 1.54) is 12.8 Å². The summed E-state index contributed by atoms with van der Waals surface area (Å²) >= 11 is 0. The Kier molecular flexibility index (Phi) is 3.64. The highest BCUT2D eigenvalue weighted by Crippen LogP contribution is 2.22. The third kappa shape index (κ3) is 2.77. The van der Waals surface area contributed by atoms with Crippen molar-refractivity contribution in [3.8, 4) is 0 Å². The van der Waals surface area contributed by atoms with Crippen molar-refractivity contribution < 1.29 is 14.7 Å². The molecule has 1 aliphatic rings. The van der Waals surface area contributed by atoms with E-state index in [-0.39, 0.29) is 24.1 Å². The number of hydrogen-bond acceptors (Lipinski definition) is 2. The molecule has 0 aliphatic heterocycles. The van der Waals surface area contributed by atoms with E-state index in [4.69, 9.17) is 0 Å². The minimum Gasteiger partial charge on any atom is -0.478 e. The van der Waals surface area contributed by atoms with Gasteiger partial charge in [0.2, 0.25) is 5.91 Å². The van der Waals surface area contributed by atoms with Gasteiger partial charge in [-0.2, -0.15) is 0 Å². The number of rotatable bonds is 4. The highest BCUT2D eigenvalue weighted by Gasteiger charge is 2.19. The van der Waals surface area contributed by atoms with Gasteiger partial charge >= 0.3 is 5.97 Å². The fourth-order valence-electron chi connectivity index (χ4n) is 3.05. The zero-order valence-electron chi connectivity index (χ0n) is 11.7. The summed E-state index contributed by atoms with van der Waals surface area (Å²) in [7, 11) is 0. The predicted molar refractivity (Wildman–Crippen MR) is 79.3 cm³/mol. The van der Waals surface area contributed by atoms with Crippen LogP contribution in [-0.4, -0.2) is 27.6 Å². The summed E-state index contributed by atoms with van der Waals surface area (Å²) in [6, 6.07) is 7.53. The number of hydrogen-bond donors (Lipinski definition) is 2. The highest BCUT2D eigenvalue weighted by atomic mass is 16.4. The molecule has 1 fully saturated rings. The number of carboxylic acid groups (broad SMARTS) is 1. The number of amides is 1. The van der Waals surface area contributed by atoms with Crippen LogP contribution in [0.25, 0.3) is 10.9 Å². The van der Waals surface area contributed by atoms with E-state index in [0.717, 1.165) is 18.4 Å². The molecule has 0 bridgehead atoms. The van der Waals surface area contributed by atoms with Crippen molar-refractivity contribution >= 4 is 22.8 Å². The SMILES string of the molecule is O=C(Cn1cc(C(=O)O)c2ccccc21)NC1CCCC1. The van der Waals surface area contributed by atoms with Gasteiger partial charge in [0.15, 0.2) is 0 Å². The van der Waals surface area contributed by atoms with Crippen LogP contribution >= 0.6 is 0 Å². The van der Waals surface area contributed by atoms with Crippen molar-refractivity contribution in [1.82, 2.24) is 9.88 Å². The Labute approximate surface area is 122 Å². The first kappa shape index (κ1) is 13.7. The monoisotopic (exact) mass is 286 g/mol. The molecule has 5 heteroatoms. The van der Waals surface area contributed by atoms with Gasteiger partial charge in [-0.25, -0.2) is 4.79 Å². The Balaban J connectivity index is 1.83. The van der Waals surface area contributed by atoms with E-state index < -0.39 is 5.97 Å². The molecular weight excluding hydrogens is 268 g/mol. The van der Waals surface area contributed by atoms with Crippen molar-refractivity contribution in [2.45, 2.75) is 38.3 Å². The second-order valence-corrected chi connectivity index (χ2v) is 5.54. The molecular formula is C16H18N2O3. The maximum Gasteiger partial charge on any atom is 0.337 e. The Morgan fingerprint density at radius 2 is 1.95 bits per heavy atom. The molecule has 2 N–H and O–H groups in total. The summed E-state index contributed by atoms with van der Waals surface area (Å²) in [6.45, 7) is 0.157. The number of aromatic carboxylic acids is 1. The van der Waals surface area contributed by atoms with Crippen LogP contribution in [0.2, 0.25) is 0 Å². The average molecular weight is 286 g/mol. The van der Waals surface area contributed by atoms with Gasteiger partial charge in [0.25, 0.3) is 0 Å². The van der Waals surface area contributed by atoms with Crippen LogP contribution in [0.15, 0.2) is 30.5 Å². The number of para-hydroxylation sites is 1. The largest absolute Gasteiger partial charge is 0.478 e. The number of carbonyl (C=O) groups excluding carboxylic acids is 1. The number of fused-ring (bicyclic) bond motifs is 1. The number of nitrogens with one attached hydrogen (secondary N) is 1. The lowest BCUT2D eigenvalue weighted by Gasteiger charge is -2.12. The Bertz CT molecular complexity index is 684. The molecule has 3 rings (SSSR count). The zero-order valence-corrected chi connectivity index (χ0v) is 11.7. The molecule has 0 atom stereocenters. The summed E-state index contributed by atoms with van der Waals surface area (Å²) in [4.78, 5) is 23.4. The van der Waals surface area contributed by atoms with Crippen molar-refractivity contribution in [2.24, 2.45) is 0 Å². The van der Waals surface area contributed by atoms with Gasteiger partial charge in [0, 0.05) is 23.1 Å². The molecule has 0 unspecified atom stereocenters. The van der Waals surface area contributed by atoms with Crippen LogP contribution in [0.1, 0.15) is 36.0 Å². The van der Waals surface area contributed by atoms with Gasteiger partial charge in [0.1, 0.15) is 6.54 Å². The summed E-state index contributed by atoms with van der Waals surface area (Å²) in [5.41, 5.74) is 1.01. The molecule has 1 heterocycles. The number of carbonyl (C=O) groups is 2. The van der Waals surface area contributed by atoms with E-state index in [2.05, 4.69) is 5.32 Å². The van der Waals surface area contributed by atoms with Gasteiger partial charge in [-0.3, -0.25) is 4.79 Å². The smallest absolute Gasteiger partial charge is 0.337 e. The van der Waals surface area contributed by atoms with Crippen LogP contribution in [0, 0.1) is 0 Å². The maximum absolute atomic E-state index is 12.1. The molecule has 0 saturated heterocycles. The van der Waals surface area contributed by atoms with Crippen LogP contribution in [0.3, 0.4) is 0 Å². The minimum atomic E-state index is -0.971. The van der Waals surface area contributed by atoms with Gasteiger partial charge in [-0.15, -0.1) is 0 Å². The molecule has 110 valence electrons. The van der Waals surface area contributed by atoms with Gasteiger partial charge < -0.3 is 15.0 Å². The lowest BCUT2D eigenvalue weighted by molar-refractivity contribution is -0.122. The molecule has 0 spiro atoms. The van der Waals surface area contributed by atoms with E-state index in [1.807, 2.05) is 12.1 Å². The Morgan fingerprint density at radius 3 is 2.67 bits per heavy atom. The van der Waals surface area contributed by atoms with E-state index in [1.54, 1.807) is 22.9 Å². The normalized spacial score (nSPS) is 15.4. The Morgan fingerprint density at radius 1 is 1.24 bits per heavy atom. The molecule has 0 radical (unpaired) electrons. The highest BCUT2D eigenvalue weighted by molar-refractivity contribution is 6.03. The molecule has 5 nitrogen and oxygen atoms in total. The molecule has 1 aliphatic carbocycles. The quantitative estimate of drug-likeness (QED) is 0.906. The summed E-state index contributed by atoms with van der Waals surface area (Å²) in [5, 5.41) is 12.9. The van der Waals surface area contributed by atoms with Crippen LogP contribution in [0.5, 0.6) is 0 Å². The number of aromatic nitrogens is 1. The minimum absolute atomic E-state index is 0.0559. The zero-order chi connectivity index (χ0) is 14.8. The third-order valence-corrected chi connectivity index (χ3v) is 4.05. The fraction of sp³-hybridized carbons (Fsp3) is 0.375. The summed E-state index contributed by atoms with van der Waals surface area (Å²) < 4.78 is 1.71. The Hall–Kier alpha value is -2.30. The van der Waals surface area contributed by atoms with Crippen molar-refractivity contribution in [3.05, 3.63) is 36.0 Å². The van der Waals surface area contributed by atoms with E-state index >= 15 is 0 Å². The van der Waals surface area contributed by atoms with Crippen molar-refractivity contribution in [3.63, 3.8) is 0 Å². The third-order valence-electron chi connectivity index (χ3n) is 4.05. The van der Waals surface area contributed by atoms with Crippen LogP contribution < -0.4 is 5.32 Å². The van der Waals surface area contributed by atoms with E-state index in [9.17, 15) is 14.7 Å². The summed E-state index contributed by atoms with van der Waals surface area (Å²) in [6.07, 6.45) is 5.96. The second-order valence-electron chi connectivity index (χ2n) is 5.54. The first-order chi connectivity index (χ1) is 10.1. The van der Waals surface area contributed by atoms with Gasteiger partial charge in [-0.1, -0.05) is 31.0 Å². The average Bonchev–Trinajstić information content (AvgIpc) is 3.07. The lowest BCUT2D eigenvalue weighted by atomic mass is 10.2. The molecule has 1 amide bonds. The van der Waals surface area contributed by atoms with Crippen LogP contribution in [0.4, 0.5) is 0 Å². The van der Waals surface area contributed by atoms with Crippen molar-refractivity contribution in [2.75, 3.05) is 0 Å². The van der Waals surface area contributed by atoms with Crippen molar-refractivity contribution in [1.29, 1.82) is 0 Å². The van der Waals surface area contributed by atoms with Gasteiger partial charge in [-0.05, 0) is 18.9 Å². The number of benzene rings is 1. The first-order valence-electron chi connectivity index (χ1n) is 7.25. The second kappa shape index (κ2) is 5.60. The lowest BCUT2D eigenvalue weighted by Crippen LogP contribution is -2.35. The standard InChI is InChI=1S/C16H18N2O3/c19-15(17-11-5-1-2-6-11)10-18-9-13(16(20)21)12-7-3-4-8-14(12)18/h3-4,7-9,11H,1-2,5-6,10H2,(H,17,19)(H,20,21). The molecule has 1 aromatic carbocycles. The molecule has 1 aromatic heterocycles. The van der Waals surface area contributed by atoms with E-state index in [0.29, 0.717) is 5.39 Å². The molecule has 21 heavy (non-hydrogen) atoms. The van der Waals surface area contributed by atoms with Gasteiger partial charge in [0.05, 0.1) is 5.56 Å². The number of nitrogens with zero attached hydrogens (tertiary/aromatic N) is 1.